The van der Waals surface area contributed by atoms with E-state index < -0.39 is 12.0 Å². The molecule has 0 saturated carbocycles. The maximum atomic E-state index is 11.0. The lowest BCUT2D eigenvalue weighted by Crippen LogP contribution is -2.32. The molecule has 3 nitrogen and oxygen atoms in total. The minimum absolute atomic E-state index is 0.223. The number of rotatable bonds is 4. The van der Waals surface area contributed by atoms with Crippen molar-refractivity contribution in [3.63, 3.8) is 0 Å². The Balaban J connectivity index is 3.01. The quantitative estimate of drug-likeness (QED) is 0.923. The molecule has 0 bridgehead atoms. The molecule has 0 fully saturated rings. The molecule has 0 saturated heterocycles. The zero-order chi connectivity index (χ0) is 12.3. The summed E-state index contributed by atoms with van der Waals surface area (Å²) in [5, 5.41) is 1.22. The van der Waals surface area contributed by atoms with Gasteiger partial charge in [0.15, 0.2) is 0 Å². The highest BCUT2D eigenvalue weighted by Crippen LogP contribution is 2.30. The summed E-state index contributed by atoms with van der Waals surface area (Å²) >= 11 is 17.7. The van der Waals surface area contributed by atoms with E-state index in [2.05, 4.69) is 0 Å². The summed E-state index contributed by atoms with van der Waals surface area (Å²) in [5.41, 5.74) is 5.74. The van der Waals surface area contributed by atoms with Crippen molar-refractivity contribution >= 4 is 40.7 Å². The summed E-state index contributed by atoms with van der Waals surface area (Å²) in [6.07, 6.45) is -0.531. The highest BCUT2D eigenvalue weighted by Gasteiger charge is 2.18. The Bertz CT molecular complexity index is 386. The number of hydrogen-bond acceptors (Lipinski definition) is 2. The van der Waals surface area contributed by atoms with E-state index in [-0.39, 0.29) is 6.42 Å². The van der Waals surface area contributed by atoms with Crippen LogP contribution in [-0.4, -0.2) is 19.1 Å². The van der Waals surface area contributed by atoms with Crippen LogP contribution in [0.1, 0.15) is 5.56 Å². The number of methoxy groups -OCH3 is 1. The molecule has 0 radical (unpaired) electrons. The van der Waals surface area contributed by atoms with Crippen molar-refractivity contribution < 1.29 is 9.53 Å². The van der Waals surface area contributed by atoms with Gasteiger partial charge in [0, 0.05) is 28.6 Å². The van der Waals surface area contributed by atoms with E-state index in [0.29, 0.717) is 20.6 Å². The molecule has 0 spiro atoms. The number of carbonyl (C=O) groups is 1. The van der Waals surface area contributed by atoms with Gasteiger partial charge in [-0.05, 0) is 17.7 Å². The van der Waals surface area contributed by atoms with Crippen molar-refractivity contribution in [1.82, 2.24) is 0 Å². The van der Waals surface area contributed by atoms with Crippen LogP contribution in [-0.2, 0) is 16.0 Å². The molecule has 1 aromatic rings. The fourth-order valence-corrected chi connectivity index (χ4v) is 2.22. The van der Waals surface area contributed by atoms with Crippen LogP contribution < -0.4 is 5.73 Å². The molecule has 1 rings (SSSR count). The van der Waals surface area contributed by atoms with E-state index in [1.165, 1.54) is 7.11 Å². The number of hydrogen-bond donors (Lipinski definition) is 1. The lowest BCUT2D eigenvalue weighted by molar-refractivity contribution is -0.127. The Labute approximate surface area is 108 Å². The maximum Gasteiger partial charge on any atom is 0.246 e. The lowest BCUT2D eigenvalue weighted by atomic mass is 10.1. The van der Waals surface area contributed by atoms with E-state index in [4.69, 9.17) is 45.3 Å². The minimum atomic E-state index is -0.754. The molecule has 16 heavy (non-hydrogen) atoms. The van der Waals surface area contributed by atoms with Gasteiger partial charge in [-0.25, -0.2) is 0 Å². The molecular formula is C10H10Cl3NO2. The summed E-state index contributed by atoms with van der Waals surface area (Å²) in [6.45, 7) is 0. The van der Waals surface area contributed by atoms with Crippen LogP contribution in [0.25, 0.3) is 0 Å². The Morgan fingerprint density at radius 3 is 2.25 bits per heavy atom. The molecule has 2 N–H and O–H groups in total. The number of halogens is 3. The van der Waals surface area contributed by atoms with E-state index in [0.717, 1.165) is 0 Å². The second-order valence-corrected chi connectivity index (χ2v) is 4.43. The topological polar surface area (TPSA) is 52.3 Å². The minimum Gasteiger partial charge on any atom is -0.371 e. The molecule has 1 aromatic carbocycles. The first-order valence-electron chi connectivity index (χ1n) is 4.41. The monoisotopic (exact) mass is 281 g/mol. The SMILES string of the molecule is COC(Cc1c(Cl)cc(Cl)cc1Cl)C(N)=O. The van der Waals surface area contributed by atoms with Crippen molar-refractivity contribution in [2.24, 2.45) is 5.73 Å². The molecule has 0 aliphatic carbocycles. The predicted molar refractivity (Wildman–Crippen MR) is 65.2 cm³/mol. The van der Waals surface area contributed by atoms with Gasteiger partial charge in [0.25, 0.3) is 0 Å². The molecule has 88 valence electrons. The molecule has 0 aromatic heterocycles. The van der Waals surface area contributed by atoms with Gasteiger partial charge < -0.3 is 10.5 Å². The van der Waals surface area contributed by atoms with Gasteiger partial charge in [0.1, 0.15) is 6.10 Å². The van der Waals surface area contributed by atoms with Crippen molar-refractivity contribution in [1.29, 1.82) is 0 Å². The third-order valence-corrected chi connectivity index (χ3v) is 2.99. The number of nitrogens with two attached hydrogens (primary N) is 1. The van der Waals surface area contributed by atoms with Gasteiger partial charge in [-0.2, -0.15) is 0 Å². The average Bonchev–Trinajstić information content (AvgIpc) is 2.15. The largest absolute Gasteiger partial charge is 0.371 e. The fourth-order valence-electron chi connectivity index (χ4n) is 1.25. The first-order chi connectivity index (χ1) is 7.45. The Kier molecular flexibility index (Phi) is 4.87. The number of carbonyl (C=O) groups excluding carboxylic acids is 1. The van der Waals surface area contributed by atoms with E-state index in [1.54, 1.807) is 12.1 Å². The molecule has 1 unspecified atom stereocenters. The van der Waals surface area contributed by atoms with E-state index in [1.807, 2.05) is 0 Å². The molecule has 0 heterocycles. The van der Waals surface area contributed by atoms with Gasteiger partial charge in [0.2, 0.25) is 5.91 Å². The van der Waals surface area contributed by atoms with Crippen LogP contribution in [0.4, 0.5) is 0 Å². The van der Waals surface area contributed by atoms with E-state index >= 15 is 0 Å². The maximum absolute atomic E-state index is 11.0. The zero-order valence-corrected chi connectivity index (χ0v) is 10.7. The fraction of sp³-hybridized carbons (Fsp3) is 0.300. The Morgan fingerprint density at radius 1 is 1.38 bits per heavy atom. The van der Waals surface area contributed by atoms with Crippen LogP contribution in [0.3, 0.4) is 0 Å². The van der Waals surface area contributed by atoms with Crippen molar-refractivity contribution in [3.8, 4) is 0 Å². The van der Waals surface area contributed by atoms with Crippen LogP contribution in [0.5, 0.6) is 0 Å². The zero-order valence-electron chi connectivity index (χ0n) is 8.47. The first kappa shape index (κ1) is 13.6. The Hall–Kier alpha value is -0.480. The Morgan fingerprint density at radius 2 is 1.88 bits per heavy atom. The normalized spacial score (nSPS) is 12.5. The first-order valence-corrected chi connectivity index (χ1v) is 5.54. The van der Waals surface area contributed by atoms with Gasteiger partial charge in [-0.15, -0.1) is 0 Å². The van der Waals surface area contributed by atoms with Gasteiger partial charge in [0.05, 0.1) is 0 Å². The third kappa shape index (κ3) is 3.25. The predicted octanol–water partition coefficient (Wildman–Crippen LogP) is 2.69. The average molecular weight is 283 g/mol. The third-order valence-electron chi connectivity index (χ3n) is 2.10. The van der Waals surface area contributed by atoms with Gasteiger partial charge >= 0.3 is 0 Å². The molecular weight excluding hydrogens is 272 g/mol. The number of amides is 1. The van der Waals surface area contributed by atoms with Crippen molar-refractivity contribution in [2.45, 2.75) is 12.5 Å². The molecule has 1 atom stereocenters. The summed E-state index contributed by atoms with van der Waals surface area (Å²) in [6, 6.07) is 3.11. The number of ether oxygens (including phenoxy) is 1. The summed E-state index contributed by atoms with van der Waals surface area (Å²) in [7, 11) is 1.40. The van der Waals surface area contributed by atoms with E-state index in [9.17, 15) is 4.79 Å². The smallest absolute Gasteiger partial charge is 0.246 e. The number of benzene rings is 1. The van der Waals surface area contributed by atoms with Crippen LogP contribution in [0.2, 0.25) is 15.1 Å². The van der Waals surface area contributed by atoms with Gasteiger partial charge in [-0.3, -0.25) is 4.79 Å². The van der Waals surface area contributed by atoms with Crippen LogP contribution in [0.15, 0.2) is 12.1 Å². The molecule has 1 amide bonds. The van der Waals surface area contributed by atoms with Gasteiger partial charge in [-0.1, -0.05) is 34.8 Å². The van der Waals surface area contributed by atoms with Crippen molar-refractivity contribution in [3.05, 3.63) is 32.8 Å². The summed E-state index contributed by atoms with van der Waals surface area (Å²) in [5.74, 6) is -0.565. The van der Waals surface area contributed by atoms with Crippen LogP contribution in [0, 0.1) is 0 Å². The highest BCUT2D eigenvalue weighted by atomic mass is 35.5. The van der Waals surface area contributed by atoms with Crippen LogP contribution >= 0.6 is 34.8 Å². The second-order valence-electron chi connectivity index (χ2n) is 3.18. The second kappa shape index (κ2) is 5.73. The number of primary amides is 1. The standard InChI is InChI=1S/C10H10Cl3NO2/c1-16-9(10(14)15)4-6-7(12)2-5(11)3-8(6)13/h2-3,9H,4H2,1H3,(H2,14,15). The van der Waals surface area contributed by atoms with Crippen molar-refractivity contribution in [2.75, 3.05) is 7.11 Å². The molecule has 0 aliphatic heterocycles. The summed E-state index contributed by atoms with van der Waals surface area (Å²) < 4.78 is 4.93. The molecule has 6 heteroatoms. The lowest BCUT2D eigenvalue weighted by Gasteiger charge is -2.14. The molecule has 0 aliphatic rings. The highest BCUT2D eigenvalue weighted by molar-refractivity contribution is 6.39. The summed E-state index contributed by atoms with van der Waals surface area (Å²) in [4.78, 5) is 11.0.